The molecule has 6 heteroatoms. The third-order valence-corrected chi connectivity index (χ3v) is 4.50. The molecular weight excluding hydrogens is 268 g/mol. The number of likely N-dealkylation sites (N-methyl/N-ethyl adjacent to an activating group) is 2. The van der Waals surface area contributed by atoms with Crippen molar-refractivity contribution >= 4 is 17.5 Å². The number of methoxy groups -OCH3 is 1. The second-order valence-corrected chi connectivity index (χ2v) is 5.92. The number of nitrogens with zero attached hydrogens (tertiary/aromatic N) is 3. The van der Waals surface area contributed by atoms with Crippen LogP contribution in [0.2, 0.25) is 0 Å². The molecule has 0 saturated heterocycles. The van der Waals surface area contributed by atoms with E-state index in [-0.39, 0.29) is 5.54 Å². The zero-order chi connectivity index (χ0) is 15.6. The quantitative estimate of drug-likeness (QED) is 0.827. The minimum absolute atomic E-state index is 0.171. The van der Waals surface area contributed by atoms with Crippen molar-refractivity contribution in [3.05, 3.63) is 17.8 Å². The van der Waals surface area contributed by atoms with E-state index in [0.717, 1.165) is 6.54 Å². The number of rotatable bonds is 5. The maximum Gasteiger partial charge on any atom is 0.340 e. The van der Waals surface area contributed by atoms with Gasteiger partial charge < -0.3 is 20.3 Å². The lowest BCUT2D eigenvalue weighted by Gasteiger charge is -2.49. The van der Waals surface area contributed by atoms with Gasteiger partial charge in [-0.2, -0.15) is 0 Å². The highest BCUT2D eigenvalue weighted by molar-refractivity contribution is 5.97. The van der Waals surface area contributed by atoms with E-state index in [1.54, 1.807) is 12.3 Å². The van der Waals surface area contributed by atoms with Gasteiger partial charge in [0.25, 0.3) is 0 Å². The minimum atomic E-state index is -0.435. The maximum absolute atomic E-state index is 11.7. The second-order valence-electron chi connectivity index (χ2n) is 5.92. The first-order chi connectivity index (χ1) is 9.91. The Morgan fingerprint density at radius 2 is 2.10 bits per heavy atom. The summed E-state index contributed by atoms with van der Waals surface area (Å²) in [6.07, 6.45) is 5.18. The number of pyridine rings is 1. The second kappa shape index (κ2) is 5.89. The standard InChI is InChI=1S/C15H24N4O2/c1-18(2)15(7-5-8-15)10-19(3)13-12(16)11(6-9-17-13)14(20)21-4/h6,9H,5,7-8,10,16H2,1-4H3. The molecule has 0 aromatic carbocycles. The number of carbonyl (C=O) groups is 1. The average molecular weight is 292 g/mol. The number of ether oxygens (including phenoxy) is 1. The summed E-state index contributed by atoms with van der Waals surface area (Å²) >= 11 is 0. The molecule has 1 aromatic rings. The maximum atomic E-state index is 11.7. The first-order valence-corrected chi connectivity index (χ1v) is 7.12. The number of hydrogen-bond acceptors (Lipinski definition) is 6. The van der Waals surface area contributed by atoms with Gasteiger partial charge in [0.15, 0.2) is 5.82 Å². The zero-order valence-electron chi connectivity index (χ0n) is 13.2. The fraction of sp³-hybridized carbons (Fsp3) is 0.600. The molecule has 0 atom stereocenters. The number of nitrogen functional groups attached to an aromatic ring is 1. The molecule has 1 heterocycles. The molecule has 1 saturated carbocycles. The molecule has 0 unspecified atom stereocenters. The van der Waals surface area contributed by atoms with Crippen LogP contribution in [0.1, 0.15) is 29.6 Å². The van der Waals surface area contributed by atoms with E-state index in [1.807, 2.05) is 11.9 Å². The molecule has 0 radical (unpaired) electrons. The van der Waals surface area contributed by atoms with Crippen LogP contribution < -0.4 is 10.6 Å². The van der Waals surface area contributed by atoms with Crippen molar-refractivity contribution in [2.24, 2.45) is 0 Å². The summed E-state index contributed by atoms with van der Waals surface area (Å²) in [6.45, 7) is 0.835. The van der Waals surface area contributed by atoms with Crippen LogP contribution in [-0.4, -0.2) is 56.2 Å². The summed E-state index contributed by atoms with van der Waals surface area (Å²) in [4.78, 5) is 20.3. The van der Waals surface area contributed by atoms with Crippen molar-refractivity contribution in [3.8, 4) is 0 Å². The van der Waals surface area contributed by atoms with Gasteiger partial charge in [-0.1, -0.05) is 0 Å². The van der Waals surface area contributed by atoms with E-state index in [0.29, 0.717) is 17.1 Å². The van der Waals surface area contributed by atoms with Crippen molar-refractivity contribution in [2.45, 2.75) is 24.8 Å². The summed E-state index contributed by atoms with van der Waals surface area (Å²) in [5.41, 5.74) is 7.01. The number of anilines is 2. The fourth-order valence-electron chi connectivity index (χ4n) is 2.90. The van der Waals surface area contributed by atoms with Gasteiger partial charge in [0.1, 0.15) is 0 Å². The smallest absolute Gasteiger partial charge is 0.340 e. The number of carbonyl (C=O) groups excluding carboxylic acids is 1. The Balaban J connectivity index is 2.23. The van der Waals surface area contributed by atoms with E-state index >= 15 is 0 Å². The van der Waals surface area contributed by atoms with Crippen LogP contribution >= 0.6 is 0 Å². The highest BCUT2D eigenvalue weighted by atomic mass is 16.5. The van der Waals surface area contributed by atoms with Crippen molar-refractivity contribution < 1.29 is 9.53 Å². The molecule has 1 aliphatic carbocycles. The molecule has 1 fully saturated rings. The van der Waals surface area contributed by atoms with Gasteiger partial charge in [-0.05, 0) is 39.4 Å². The molecule has 6 nitrogen and oxygen atoms in total. The predicted octanol–water partition coefficient (Wildman–Crippen LogP) is 1.37. The third kappa shape index (κ3) is 2.81. The third-order valence-electron chi connectivity index (χ3n) is 4.50. The number of aromatic nitrogens is 1. The van der Waals surface area contributed by atoms with Gasteiger partial charge in [-0.3, -0.25) is 0 Å². The number of nitrogens with two attached hydrogens (primary N) is 1. The van der Waals surface area contributed by atoms with Crippen LogP contribution in [0.15, 0.2) is 12.3 Å². The Bertz CT molecular complexity index is 526. The summed E-state index contributed by atoms with van der Waals surface area (Å²) in [5.74, 6) is 0.196. The van der Waals surface area contributed by atoms with Gasteiger partial charge >= 0.3 is 5.97 Å². The summed E-state index contributed by atoms with van der Waals surface area (Å²) < 4.78 is 4.75. The van der Waals surface area contributed by atoms with Crippen LogP contribution in [0.4, 0.5) is 11.5 Å². The van der Waals surface area contributed by atoms with E-state index < -0.39 is 5.97 Å². The first kappa shape index (κ1) is 15.6. The van der Waals surface area contributed by atoms with Crippen molar-refractivity contribution in [1.29, 1.82) is 0 Å². The van der Waals surface area contributed by atoms with Crippen molar-refractivity contribution in [2.75, 3.05) is 45.4 Å². The van der Waals surface area contributed by atoms with E-state index in [9.17, 15) is 4.79 Å². The Kier molecular flexibility index (Phi) is 4.37. The molecule has 0 amide bonds. The first-order valence-electron chi connectivity index (χ1n) is 7.12. The number of hydrogen-bond donors (Lipinski definition) is 1. The van der Waals surface area contributed by atoms with Crippen molar-refractivity contribution in [3.63, 3.8) is 0 Å². The number of esters is 1. The van der Waals surface area contributed by atoms with Crippen LogP contribution in [0.3, 0.4) is 0 Å². The molecule has 1 aliphatic rings. The lowest BCUT2D eigenvalue weighted by Crippen LogP contribution is -2.57. The summed E-state index contributed by atoms with van der Waals surface area (Å²) in [7, 11) is 7.52. The molecule has 2 rings (SSSR count). The molecule has 0 aliphatic heterocycles. The molecule has 1 aromatic heterocycles. The molecular formula is C15H24N4O2. The molecule has 116 valence electrons. The summed E-state index contributed by atoms with van der Waals surface area (Å²) in [5, 5.41) is 0. The monoisotopic (exact) mass is 292 g/mol. The Morgan fingerprint density at radius 3 is 2.57 bits per heavy atom. The predicted molar refractivity (Wildman–Crippen MR) is 83.5 cm³/mol. The van der Waals surface area contributed by atoms with Gasteiger partial charge in [0.05, 0.1) is 18.4 Å². The molecule has 0 bridgehead atoms. The van der Waals surface area contributed by atoms with Gasteiger partial charge in [-0.25, -0.2) is 9.78 Å². The Hall–Kier alpha value is -1.82. The SMILES string of the molecule is COC(=O)c1ccnc(N(C)CC2(N(C)C)CCC2)c1N. The Labute approximate surface area is 125 Å². The zero-order valence-corrected chi connectivity index (χ0v) is 13.2. The van der Waals surface area contributed by atoms with Crippen LogP contribution in [0.5, 0.6) is 0 Å². The lowest BCUT2D eigenvalue weighted by atomic mass is 9.75. The Morgan fingerprint density at radius 1 is 1.43 bits per heavy atom. The minimum Gasteiger partial charge on any atom is -0.465 e. The highest BCUT2D eigenvalue weighted by Gasteiger charge is 2.40. The largest absolute Gasteiger partial charge is 0.465 e. The van der Waals surface area contributed by atoms with Gasteiger partial charge in [0.2, 0.25) is 0 Å². The van der Waals surface area contributed by atoms with E-state index in [4.69, 9.17) is 10.5 Å². The van der Waals surface area contributed by atoms with Crippen molar-refractivity contribution in [1.82, 2.24) is 9.88 Å². The molecule has 2 N–H and O–H groups in total. The van der Waals surface area contributed by atoms with E-state index in [2.05, 4.69) is 24.0 Å². The summed E-state index contributed by atoms with van der Waals surface area (Å²) in [6, 6.07) is 1.59. The molecule has 21 heavy (non-hydrogen) atoms. The topological polar surface area (TPSA) is 71.7 Å². The average Bonchev–Trinajstić information content (AvgIpc) is 2.41. The molecule has 0 spiro atoms. The van der Waals surface area contributed by atoms with Crippen LogP contribution in [0, 0.1) is 0 Å². The van der Waals surface area contributed by atoms with E-state index in [1.165, 1.54) is 26.4 Å². The van der Waals surface area contributed by atoms with Gasteiger partial charge in [-0.15, -0.1) is 0 Å². The normalized spacial score (nSPS) is 16.4. The highest BCUT2D eigenvalue weighted by Crippen LogP contribution is 2.38. The fourth-order valence-corrected chi connectivity index (χ4v) is 2.90. The van der Waals surface area contributed by atoms with Crippen LogP contribution in [-0.2, 0) is 4.74 Å². The van der Waals surface area contributed by atoms with Crippen LogP contribution in [0.25, 0.3) is 0 Å². The lowest BCUT2D eigenvalue weighted by molar-refractivity contribution is 0.0602. The van der Waals surface area contributed by atoms with Gasteiger partial charge in [0, 0.05) is 25.3 Å².